The molecule has 0 saturated heterocycles. The van der Waals surface area contributed by atoms with Gasteiger partial charge in [0, 0.05) is 7.05 Å². The molecule has 106 valence electrons. The zero-order valence-corrected chi connectivity index (χ0v) is 12.3. The van der Waals surface area contributed by atoms with Crippen molar-refractivity contribution in [2.24, 2.45) is 0 Å². The van der Waals surface area contributed by atoms with Crippen LogP contribution in [0.25, 0.3) is 0 Å². The molecule has 1 N–H and O–H groups in total. The first-order valence-electron chi connectivity index (χ1n) is 5.51. The van der Waals surface area contributed by atoms with Gasteiger partial charge in [0.1, 0.15) is 10.5 Å². The molecule has 1 rings (SSSR count). The van der Waals surface area contributed by atoms with Crippen LogP contribution < -0.4 is 5.32 Å². The third-order valence-corrected chi connectivity index (χ3v) is 2.78. The number of hydroxylamine groups is 2. The van der Waals surface area contributed by atoms with Crippen LogP contribution in [0.3, 0.4) is 0 Å². The first kappa shape index (κ1) is 15.4. The SMILES string of the molecule is CON(C)C(=O)c1cnc(NC(=O)OC(C)(C)C)s1. The second-order valence-electron chi connectivity index (χ2n) is 4.64. The highest BCUT2D eigenvalue weighted by molar-refractivity contribution is 7.17. The van der Waals surface area contributed by atoms with Crippen molar-refractivity contribution < 1.29 is 19.2 Å². The smallest absolute Gasteiger partial charge is 0.413 e. The zero-order valence-electron chi connectivity index (χ0n) is 11.5. The number of amides is 2. The number of aromatic nitrogens is 1. The van der Waals surface area contributed by atoms with Crippen molar-refractivity contribution in [2.45, 2.75) is 26.4 Å². The fraction of sp³-hybridized carbons (Fsp3) is 0.545. The van der Waals surface area contributed by atoms with E-state index < -0.39 is 11.7 Å². The van der Waals surface area contributed by atoms with Gasteiger partial charge in [-0.25, -0.2) is 14.8 Å². The van der Waals surface area contributed by atoms with Crippen LogP contribution in [0.1, 0.15) is 30.4 Å². The van der Waals surface area contributed by atoms with Gasteiger partial charge in [0.05, 0.1) is 13.3 Å². The lowest BCUT2D eigenvalue weighted by atomic mass is 10.2. The van der Waals surface area contributed by atoms with Crippen molar-refractivity contribution in [2.75, 3.05) is 19.5 Å². The fourth-order valence-corrected chi connectivity index (χ4v) is 1.83. The zero-order chi connectivity index (χ0) is 14.6. The maximum absolute atomic E-state index is 11.7. The van der Waals surface area contributed by atoms with Crippen molar-refractivity contribution in [3.8, 4) is 0 Å². The molecule has 0 aliphatic heterocycles. The molecule has 0 aliphatic carbocycles. The van der Waals surface area contributed by atoms with Crippen molar-refractivity contribution >= 4 is 28.5 Å². The quantitative estimate of drug-likeness (QED) is 0.861. The second-order valence-corrected chi connectivity index (χ2v) is 5.67. The summed E-state index contributed by atoms with van der Waals surface area (Å²) in [5.74, 6) is -0.336. The molecule has 7 nitrogen and oxygen atoms in total. The summed E-state index contributed by atoms with van der Waals surface area (Å²) in [6.07, 6.45) is 0.760. The molecule has 0 unspecified atom stereocenters. The van der Waals surface area contributed by atoms with Crippen molar-refractivity contribution in [3.63, 3.8) is 0 Å². The summed E-state index contributed by atoms with van der Waals surface area (Å²) in [6.45, 7) is 5.28. The molecule has 0 radical (unpaired) electrons. The molecule has 19 heavy (non-hydrogen) atoms. The van der Waals surface area contributed by atoms with Crippen LogP contribution in [0, 0.1) is 0 Å². The highest BCUT2D eigenvalue weighted by atomic mass is 32.1. The monoisotopic (exact) mass is 287 g/mol. The Bertz CT molecular complexity index is 467. The first-order chi connectivity index (χ1) is 8.73. The first-order valence-corrected chi connectivity index (χ1v) is 6.32. The number of hydrogen-bond acceptors (Lipinski definition) is 6. The maximum Gasteiger partial charge on any atom is 0.413 e. The van der Waals surface area contributed by atoms with Gasteiger partial charge in [0.2, 0.25) is 0 Å². The fourth-order valence-electron chi connectivity index (χ4n) is 1.06. The predicted octanol–water partition coefficient (Wildman–Crippen LogP) is 2.12. The number of carbonyl (C=O) groups is 2. The summed E-state index contributed by atoms with van der Waals surface area (Å²) in [5.41, 5.74) is -0.587. The molecule has 0 fully saturated rings. The van der Waals surface area contributed by atoms with Crippen LogP contribution in [0.5, 0.6) is 0 Å². The number of rotatable bonds is 3. The van der Waals surface area contributed by atoms with Crippen LogP contribution in [0.2, 0.25) is 0 Å². The molecule has 8 heteroatoms. The van der Waals surface area contributed by atoms with E-state index in [-0.39, 0.29) is 5.91 Å². The van der Waals surface area contributed by atoms with Crippen LogP contribution in [-0.2, 0) is 9.57 Å². The van der Waals surface area contributed by atoms with Gasteiger partial charge >= 0.3 is 6.09 Å². The maximum atomic E-state index is 11.7. The lowest BCUT2D eigenvalue weighted by molar-refractivity contribution is -0.0754. The topological polar surface area (TPSA) is 80.8 Å². The van der Waals surface area contributed by atoms with E-state index in [0.29, 0.717) is 10.0 Å². The summed E-state index contributed by atoms with van der Waals surface area (Å²) >= 11 is 1.04. The van der Waals surface area contributed by atoms with Gasteiger partial charge in [-0.2, -0.15) is 0 Å². The van der Waals surface area contributed by atoms with Crippen molar-refractivity contribution in [3.05, 3.63) is 11.1 Å². The molecule has 0 atom stereocenters. The molecular formula is C11H17N3O4S. The number of anilines is 1. The molecule has 0 spiro atoms. The highest BCUT2D eigenvalue weighted by Crippen LogP contribution is 2.20. The molecule has 0 aliphatic rings. The Morgan fingerprint density at radius 2 is 2.05 bits per heavy atom. The van der Waals surface area contributed by atoms with Crippen LogP contribution >= 0.6 is 11.3 Å². The van der Waals surface area contributed by atoms with Gasteiger partial charge in [-0.05, 0) is 20.8 Å². The minimum Gasteiger partial charge on any atom is -0.444 e. The van der Waals surface area contributed by atoms with Crippen LogP contribution in [0.4, 0.5) is 9.93 Å². The average molecular weight is 287 g/mol. The van der Waals surface area contributed by atoms with Gasteiger partial charge in [-0.15, -0.1) is 0 Å². The number of nitrogens with zero attached hydrogens (tertiary/aromatic N) is 2. The number of nitrogens with one attached hydrogen (secondary N) is 1. The van der Waals surface area contributed by atoms with Gasteiger partial charge in [-0.3, -0.25) is 14.9 Å². The summed E-state index contributed by atoms with van der Waals surface area (Å²) in [6, 6.07) is 0. The summed E-state index contributed by atoms with van der Waals surface area (Å²) in [4.78, 5) is 32.3. The van der Waals surface area contributed by atoms with Gasteiger partial charge in [0.25, 0.3) is 5.91 Å². The normalized spacial score (nSPS) is 11.0. The highest BCUT2D eigenvalue weighted by Gasteiger charge is 2.19. The summed E-state index contributed by atoms with van der Waals surface area (Å²) < 4.78 is 5.08. The number of hydrogen-bond donors (Lipinski definition) is 1. The van der Waals surface area contributed by atoms with E-state index >= 15 is 0 Å². The van der Waals surface area contributed by atoms with E-state index in [1.165, 1.54) is 20.4 Å². The minimum atomic E-state index is -0.610. The van der Waals surface area contributed by atoms with E-state index in [4.69, 9.17) is 9.57 Å². The molecular weight excluding hydrogens is 270 g/mol. The predicted molar refractivity (Wildman–Crippen MR) is 71.1 cm³/mol. The standard InChI is InChI=1S/C11H17N3O4S/c1-11(2,3)18-10(16)13-9-12-6-7(19-9)8(15)14(4)17-5/h6H,1-5H3,(H,12,13,16). The summed E-state index contributed by atoms with van der Waals surface area (Å²) in [7, 11) is 2.88. The van der Waals surface area contributed by atoms with Gasteiger partial charge in [0.15, 0.2) is 5.13 Å². The van der Waals surface area contributed by atoms with E-state index in [1.54, 1.807) is 20.8 Å². The van der Waals surface area contributed by atoms with Crippen molar-refractivity contribution in [1.82, 2.24) is 10.0 Å². The minimum absolute atomic E-state index is 0.294. The average Bonchev–Trinajstić information content (AvgIpc) is 2.72. The Hall–Kier alpha value is -1.67. The van der Waals surface area contributed by atoms with Crippen LogP contribution in [-0.4, -0.2) is 41.8 Å². The van der Waals surface area contributed by atoms with Crippen molar-refractivity contribution in [1.29, 1.82) is 0 Å². The number of thiazole rings is 1. The van der Waals surface area contributed by atoms with E-state index in [1.807, 2.05) is 0 Å². The lowest BCUT2D eigenvalue weighted by Gasteiger charge is -2.18. The Kier molecular flexibility index (Phi) is 4.84. The Morgan fingerprint density at radius 1 is 1.42 bits per heavy atom. The third-order valence-electron chi connectivity index (χ3n) is 1.88. The molecule has 1 heterocycles. The third kappa shape index (κ3) is 4.84. The second kappa shape index (κ2) is 5.98. The number of carbonyl (C=O) groups excluding carboxylic acids is 2. The van der Waals surface area contributed by atoms with Gasteiger partial charge in [-0.1, -0.05) is 11.3 Å². The van der Waals surface area contributed by atoms with E-state index in [9.17, 15) is 9.59 Å². The molecule has 1 aromatic heterocycles. The van der Waals surface area contributed by atoms with Gasteiger partial charge < -0.3 is 4.74 Å². The molecule has 0 aromatic carbocycles. The Morgan fingerprint density at radius 3 is 2.58 bits per heavy atom. The Labute approximate surface area is 115 Å². The Balaban J connectivity index is 2.65. The largest absolute Gasteiger partial charge is 0.444 e. The number of ether oxygens (including phenoxy) is 1. The lowest BCUT2D eigenvalue weighted by Crippen LogP contribution is -2.27. The molecule has 0 saturated carbocycles. The molecule has 1 aromatic rings. The van der Waals surface area contributed by atoms with E-state index in [2.05, 4.69) is 10.3 Å². The summed E-state index contributed by atoms with van der Waals surface area (Å²) in [5, 5.41) is 3.83. The van der Waals surface area contributed by atoms with E-state index in [0.717, 1.165) is 16.4 Å². The molecule has 0 bridgehead atoms. The molecule has 2 amide bonds. The van der Waals surface area contributed by atoms with Crippen LogP contribution in [0.15, 0.2) is 6.20 Å².